The lowest BCUT2D eigenvalue weighted by atomic mass is 9.78. The summed E-state index contributed by atoms with van der Waals surface area (Å²) in [4.78, 5) is 26.2. The third kappa shape index (κ3) is 2.48. The van der Waals surface area contributed by atoms with Crippen LogP contribution in [0.1, 0.15) is 36.0 Å². The topological polar surface area (TPSA) is 62.0 Å². The van der Waals surface area contributed by atoms with E-state index in [0.29, 0.717) is 6.54 Å². The summed E-state index contributed by atoms with van der Waals surface area (Å²) in [5, 5.41) is 3.02. The molecule has 2 aliphatic rings. The highest BCUT2D eigenvalue weighted by atomic mass is 16.2. The van der Waals surface area contributed by atoms with Crippen LogP contribution in [0.2, 0.25) is 0 Å². The molecular weight excluding hydrogens is 288 g/mol. The molecule has 0 unspecified atom stereocenters. The van der Waals surface area contributed by atoms with Gasteiger partial charge in [-0.15, -0.1) is 0 Å². The number of benzene rings is 1. The number of fused-ring (bicyclic) bond motifs is 2. The SMILES string of the molecule is O=C(NCc1ccc(=O)[nH]c1)[C@H]1C[C@@]12CCCc1ccccc12. The molecule has 1 amide bonds. The van der Waals surface area contributed by atoms with Crippen molar-refractivity contribution < 1.29 is 4.79 Å². The van der Waals surface area contributed by atoms with Gasteiger partial charge in [0.1, 0.15) is 0 Å². The molecule has 1 saturated carbocycles. The van der Waals surface area contributed by atoms with Crippen molar-refractivity contribution in [1.82, 2.24) is 10.3 Å². The Hall–Kier alpha value is -2.36. The summed E-state index contributed by atoms with van der Waals surface area (Å²) >= 11 is 0. The van der Waals surface area contributed by atoms with Crippen LogP contribution < -0.4 is 10.9 Å². The van der Waals surface area contributed by atoms with Crippen LogP contribution in [0.15, 0.2) is 47.4 Å². The molecule has 0 aliphatic heterocycles. The summed E-state index contributed by atoms with van der Waals surface area (Å²) in [6.07, 6.45) is 6.02. The van der Waals surface area contributed by atoms with Gasteiger partial charge in [-0.25, -0.2) is 0 Å². The Morgan fingerprint density at radius 1 is 1.26 bits per heavy atom. The fourth-order valence-corrected chi connectivity index (χ4v) is 4.04. The zero-order valence-electron chi connectivity index (χ0n) is 13.0. The summed E-state index contributed by atoms with van der Waals surface area (Å²) < 4.78 is 0. The molecule has 2 N–H and O–H groups in total. The molecule has 118 valence electrons. The fourth-order valence-electron chi connectivity index (χ4n) is 4.04. The highest BCUT2D eigenvalue weighted by Crippen LogP contribution is 2.60. The van der Waals surface area contributed by atoms with Gasteiger partial charge < -0.3 is 10.3 Å². The standard InChI is InChI=1S/C19H20N2O2/c22-17-8-7-13(11-20-17)12-21-18(23)16-10-19(16)9-3-5-14-4-1-2-6-15(14)19/h1-2,4,6-8,11,16H,3,5,9-10,12H2,(H,20,22)(H,21,23)/t16-,19-/m1/s1. The second kappa shape index (κ2) is 5.37. The van der Waals surface area contributed by atoms with Gasteiger partial charge in [0.2, 0.25) is 11.5 Å². The van der Waals surface area contributed by atoms with Crippen molar-refractivity contribution in [1.29, 1.82) is 0 Å². The van der Waals surface area contributed by atoms with E-state index in [4.69, 9.17) is 0 Å². The minimum absolute atomic E-state index is 0.0733. The van der Waals surface area contributed by atoms with E-state index in [-0.39, 0.29) is 22.8 Å². The van der Waals surface area contributed by atoms with E-state index in [1.165, 1.54) is 23.6 Å². The number of nitrogens with one attached hydrogen (secondary N) is 2. The number of carbonyl (C=O) groups excluding carboxylic acids is 1. The molecule has 4 nitrogen and oxygen atoms in total. The molecule has 1 aromatic carbocycles. The summed E-state index contributed by atoms with van der Waals surface area (Å²) in [6.45, 7) is 0.462. The summed E-state index contributed by atoms with van der Waals surface area (Å²) in [6, 6.07) is 11.8. The van der Waals surface area contributed by atoms with Crippen LogP contribution in [-0.4, -0.2) is 10.9 Å². The van der Waals surface area contributed by atoms with E-state index in [9.17, 15) is 9.59 Å². The van der Waals surface area contributed by atoms with E-state index in [0.717, 1.165) is 24.8 Å². The van der Waals surface area contributed by atoms with Crippen LogP contribution in [-0.2, 0) is 23.2 Å². The van der Waals surface area contributed by atoms with Gasteiger partial charge in [-0.2, -0.15) is 0 Å². The van der Waals surface area contributed by atoms with Crippen molar-refractivity contribution in [2.45, 2.75) is 37.6 Å². The Kier molecular flexibility index (Phi) is 3.33. The minimum Gasteiger partial charge on any atom is -0.352 e. The number of hydrogen-bond acceptors (Lipinski definition) is 2. The number of carbonyl (C=O) groups is 1. The first-order valence-corrected chi connectivity index (χ1v) is 8.23. The average Bonchev–Trinajstić information content (AvgIpc) is 3.29. The van der Waals surface area contributed by atoms with Gasteiger partial charge in [0, 0.05) is 30.1 Å². The molecule has 1 heterocycles. The van der Waals surface area contributed by atoms with Gasteiger partial charge in [-0.1, -0.05) is 30.3 Å². The first-order valence-electron chi connectivity index (χ1n) is 8.23. The van der Waals surface area contributed by atoms with Crippen LogP contribution in [0.4, 0.5) is 0 Å². The monoisotopic (exact) mass is 308 g/mol. The van der Waals surface area contributed by atoms with Gasteiger partial charge in [0.05, 0.1) is 0 Å². The largest absolute Gasteiger partial charge is 0.352 e. The molecule has 0 saturated heterocycles. The number of rotatable bonds is 3. The smallest absolute Gasteiger partial charge is 0.247 e. The fraction of sp³-hybridized carbons (Fsp3) is 0.368. The molecule has 0 bridgehead atoms. The molecule has 1 spiro atoms. The van der Waals surface area contributed by atoms with Gasteiger partial charge in [0.25, 0.3) is 0 Å². The number of H-pyrrole nitrogens is 1. The van der Waals surface area contributed by atoms with E-state index in [2.05, 4.69) is 34.6 Å². The highest BCUT2D eigenvalue weighted by molar-refractivity contribution is 5.84. The number of aryl methyl sites for hydroxylation is 1. The van der Waals surface area contributed by atoms with Crippen molar-refractivity contribution >= 4 is 5.91 Å². The van der Waals surface area contributed by atoms with E-state index in [1.54, 1.807) is 12.3 Å². The Morgan fingerprint density at radius 3 is 2.96 bits per heavy atom. The Labute approximate surface area is 134 Å². The quantitative estimate of drug-likeness (QED) is 0.914. The molecule has 0 radical (unpaired) electrons. The van der Waals surface area contributed by atoms with E-state index >= 15 is 0 Å². The molecular formula is C19H20N2O2. The lowest BCUT2D eigenvalue weighted by Crippen LogP contribution is -2.30. The predicted molar refractivity (Wildman–Crippen MR) is 88.1 cm³/mol. The maximum absolute atomic E-state index is 12.5. The van der Waals surface area contributed by atoms with Gasteiger partial charge in [-0.3, -0.25) is 9.59 Å². The lowest BCUT2D eigenvalue weighted by Gasteiger charge is -2.26. The predicted octanol–water partition coefficient (Wildman–Crippen LogP) is 2.29. The normalized spacial score (nSPS) is 25.0. The Balaban J connectivity index is 1.46. The lowest BCUT2D eigenvalue weighted by molar-refractivity contribution is -0.123. The van der Waals surface area contributed by atoms with Crippen LogP contribution in [0, 0.1) is 5.92 Å². The van der Waals surface area contributed by atoms with Crippen molar-refractivity contribution in [3.8, 4) is 0 Å². The van der Waals surface area contributed by atoms with Gasteiger partial charge in [0.15, 0.2) is 0 Å². The van der Waals surface area contributed by atoms with E-state index < -0.39 is 0 Å². The molecule has 1 aromatic heterocycles. The van der Waals surface area contributed by atoms with Gasteiger partial charge >= 0.3 is 0 Å². The average molecular weight is 308 g/mol. The van der Waals surface area contributed by atoms with E-state index in [1.807, 2.05) is 0 Å². The van der Waals surface area contributed by atoms with Crippen molar-refractivity contribution in [2.24, 2.45) is 5.92 Å². The highest BCUT2D eigenvalue weighted by Gasteiger charge is 2.59. The maximum atomic E-state index is 12.5. The van der Waals surface area contributed by atoms with Crippen LogP contribution >= 0.6 is 0 Å². The molecule has 23 heavy (non-hydrogen) atoms. The Bertz CT molecular complexity index is 791. The summed E-state index contributed by atoms with van der Waals surface area (Å²) in [7, 11) is 0. The zero-order valence-corrected chi connectivity index (χ0v) is 13.0. The number of hydrogen-bond donors (Lipinski definition) is 2. The maximum Gasteiger partial charge on any atom is 0.247 e. The number of pyridine rings is 1. The minimum atomic E-state index is -0.125. The Morgan fingerprint density at radius 2 is 2.13 bits per heavy atom. The zero-order chi connectivity index (χ0) is 15.9. The van der Waals surface area contributed by atoms with Crippen LogP contribution in [0.25, 0.3) is 0 Å². The van der Waals surface area contributed by atoms with Crippen LogP contribution in [0.3, 0.4) is 0 Å². The van der Waals surface area contributed by atoms with Gasteiger partial charge in [-0.05, 0) is 42.4 Å². The van der Waals surface area contributed by atoms with Crippen molar-refractivity contribution in [3.63, 3.8) is 0 Å². The first kappa shape index (κ1) is 14.2. The molecule has 2 aromatic rings. The van der Waals surface area contributed by atoms with Crippen molar-refractivity contribution in [2.75, 3.05) is 0 Å². The first-order chi connectivity index (χ1) is 11.2. The second-order valence-corrected chi connectivity index (χ2v) is 6.70. The summed E-state index contributed by atoms with van der Waals surface area (Å²) in [5.74, 6) is 0.222. The van der Waals surface area contributed by atoms with Crippen LogP contribution in [0.5, 0.6) is 0 Å². The molecule has 2 aliphatic carbocycles. The molecule has 4 heteroatoms. The molecule has 2 atom stereocenters. The molecule has 4 rings (SSSR count). The van der Waals surface area contributed by atoms with Crippen molar-refractivity contribution in [3.05, 3.63) is 69.6 Å². The number of aromatic nitrogens is 1. The summed E-state index contributed by atoms with van der Waals surface area (Å²) in [5.41, 5.74) is 3.66. The number of aromatic amines is 1. The number of amides is 1. The second-order valence-electron chi connectivity index (χ2n) is 6.70. The molecule has 1 fully saturated rings. The third-order valence-corrected chi connectivity index (χ3v) is 5.33. The third-order valence-electron chi connectivity index (χ3n) is 5.33.